The quantitative estimate of drug-likeness (QED) is 0.503. The Hall–Kier alpha value is -0.830. The average Bonchev–Trinajstić information content (AvgIpc) is 2.06. The molecule has 1 rings (SSSR count). The molecule has 0 radical (unpaired) electrons. The highest BCUT2D eigenvalue weighted by Gasteiger charge is 2.13. The Morgan fingerprint density at radius 2 is 2.58 bits per heavy atom. The van der Waals surface area contributed by atoms with Crippen LogP contribution in [-0.4, -0.2) is 32.5 Å². The molecule has 0 aromatic rings. The molecule has 1 unspecified atom stereocenters. The standard InChI is InChI=1S/C9H16N2O/c1-8(6-10-2)12-9-4-3-5-11-7-9/h6,9,11H,1,3-5,7H2,2H3. The lowest BCUT2D eigenvalue weighted by molar-refractivity contribution is 0.107. The zero-order valence-electron chi connectivity index (χ0n) is 7.55. The molecule has 1 N–H and O–H groups in total. The van der Waals surface area contributed by atoms with Gasteiger partial charge in [-0.2, -0.15) is 0 Å². The van der Waals surface area contributed by atoms with E-state index in [1.54, 1.807) is 13.3 Å². The Morgan fingerprint density at radius 1 is 1.75 bits per heavy atom. The van der Waals surface area contributed by atoms with Crippen LogP contribution in [-0.2, 0) is 4.74 Å². The van der Waals surface area contributed by atoms with Crippen LogP contribution in [0.3, 0.4) is 0 Å². The van der Waals surface area contributed by atoms with Crippen molar-refractivity contribution in [2.75, 3.05) is 20.1 Å². The molecule has 1 fully saturated rings. The summed E-state index contributed by atoms with van der Waals surface area (Å²) in [5, 5.41) is 3.27. The first-order valence-corrected chi connectivity index (χ1v) is 4.31. The highest BCUT2D eigenvalue weighted by atomic mass is 16.5. The summed E-state index contributed by atoms with van der Waals surface area (Å²) in [5.74, 6) is 0.659. The van der Waals surface area contributed by atoms with Crippen molar-refractivity contribution in [2.24, 2.45) is 4.99 Å². The first kappa shape index (κ1) is 9.26. The number of ether oxygens (including phenoxy) is 1. The lowest BCUT2D eigenvalue weighted by atomic mass is 10.1. The molecule has 0 spiro atoms. The highest BCUT2D eigenvalue weighted by Crippen LogP contribution is 2.08. The zero-order chi connectivity index (χ0) is 8.81. The molecule has 1 atom stereocenters. The first-order chi connectivity index (χ1) is 5.83. The number of aliphatic imine (C=N–C) groups is 1. The predicted molar refractivity (Wildman–Crippen MR) is 50.5 cm³/mol. The third kappa shape index (κ3) is 3.05. The summed E-state index contributed by atoms with van der Waals surface area (Å²) in [7, 11) is 1.72. The minimum absolute atomic E-state index is 0.282. The van der Waals surface area contributed by atoms with Gasteiger partial charge in [-0.1, -0.05) is 6.58 Å². The number of allylic oxidation sites excluding steroid dienone is 1. The van der Waals surface area contributed by atoms with Crippen LogP contribution < -0.4 is 5.32 Å². The lowest BCUT2D eigenvalue weighted by Gasteiger charge is -2.23. The summed E-state index contributed by atoms with van der Waals surface area (Å²) >= 11 is 0. The number of nitrogens with zero attached hydrogens (tertiary/aromatic N) is 1. The summed E-state index contributed by atoms with van der Waals surface area (Å²) in [6.07, 6.45) is 4.23. The van der Waals surface area contributed by atoms with Gasteiger partial charge in [0.2, 0.25) is 0 Å². The van der Waals surface area contributed by atoms with Crippen LogP contribution in [0.4, 0.5) is 0 Å². The minimum Gasteiger partial charge on any atom is -0.488 e. The van der Waals surface area contributed by atoms with Gasteiger partial charge in [-0.05, 0) is 19.4 Å². The van der Waals surface area contributed by atoms with Crippen molar-refractivity contribution in [1.82, 2.24) is 5.32 Å². The number of hydrogen-bond acceptors (Lipinski definition) is 3. The number of hydrogen-bond donors (Lipinski definition) is 1. The maximum atomic E-state index is 5.53. The summed E-state index contributed by atoms with van der Waals surface area (Å²) in [5.41, 5.74) is 0. The van der Waals surface area contributed by atoms with Crippen molar-refractivity contribution in [3.05, 3.63) is 12.3 Å². The molecule has 3 heteroatoms. The van der Waals surface area contributed by atoms with Crippen molar-refractivity contribution in [2.45, 2.75) is 18.9 Å². The smallest absolute Gasteiger partial charge is 0.130 e. The van der Waals surface area contributed by atoms with Crippen molar-refractivity contribution in [3.63, 3.8) is 0 Å². The van der Waals surface area contributed by atoms with Crippen molar-refractivity contribution in [1.29, 1.82) is 0 Å². The molecule has 0 aliphatic carbocycles. The largest absolute Gasteiger partial charge is 0.488 e. The Morgan fingerprint density at radius 3 is 3.17 bits per heavy atom. The summed E-state index contributed by atoms with van der Waals surface area (Å²) in [6, 6.07) is 0. The summed E-state index contributed by atoms with van der Waals surface area (Å²) in [6.45, 7) is 5.77. The van der Waals surface area contributed by atoms with Crippen molar-refractivity contribution >= 4 is 6.21 Å². The molecule has 1 heterocycles. The van der Waals surface area contributed by atoms with E-state index in [0.29, 0.717) is 5.76 Å². The third-order valence-corrected chi connectivity index (χ3v) is 1.84. The maximum Gasteiger partial charge on any atom is 0.130 e. The van der Waals surface area contributed by atoms with Gasteiger partial charge in [0.25, 0.3) is 0 Å². The predicted octanol–water partition coefficient (Wildman–Crippen LogP) is 0.969. The average molecular weight is 168 g/mol. The van der Waals surface area contributed by atoms with Gasteiger partial charge in [0.1, 0.15) is 11.9 Å². The van der Waals surface area contributed by atoms with Gasteiger partial charge >= 0.3 is 0 Å². The van der Waals surface area contributed by atoms with E-state index in [1.807, 2.05) is 0 Å². The topological polar surface area (TPSA) is 33.6 Å². The number of rotatable bonds is 3. The fourth-order valence-electron chi connectivity index (χ4n) is 1.31. The second-order valence-corrected chi connectivity index (χ2v) is 2.94. The van der Waals surface area contributed by atoms with E-state index < -0.39 is 0 Å². The zero-order valence-corrected chi connectivity index (χ0v) is 7.55. The maximum absolute atomic E-state index is 5.53. The fourth-order valence-corrected chi connectivity index (χ4v) is 1.31. The molecule has 68 valence electrons. The second-order valence-electron chi connectivity index (χ2n) is 2.94. The van der Waals surface area contributed by atoms with Gasteiger partial charge in [0.15, 0.2) is 0 Å². The fraction of sp³-hybridized carbons (Fsp3) is 0.667. The Balaban J connectivity index is 2.24. The molecular weight excluding hydrogens is 152 g/mol. The molecule has 1 aliphatic heterocycles. The summed E-state index contributed by atoms with van der Waals surface area (Å²) < 4.78 is 5.53. The van der Waals surface area contributed by atoms with E-state index in [4.69, 9.17) is 4.74 Å². The number of nitrogens with one attached hydrogen (secondary N) is 1. The third-order valence-electron chi connectivity index (χ3n) is 1.84. The van der Waals surface area contributed by atoms with Gasteiger partial charge in [-0.15, -0.1) is 0 Å². The van der Waals surface area contributed by atoms with E-state index >= 15 is 0 Å². The minimum atomic E-state index is 0.282. The number of piperidine rings is 1. The molecule has 12 heavy (non-hydrogen) atoms. The normalized spacial score (nSPS) is 24.2. The van der Waals surface area contributed by atoms with Gasteiger partial charge < -0.3 is 10.1 Å². The Labute approximate surface area is 73.5 Å². The molecule has 1 saturated heterocycles. The molecule has 1 aliphatic rings. The van der Waals surface area contributed by atoms with Crippen LogP contribution in [0.1, 0.15) is 12.8 Å². The van der Waals surface area contributed by atoms with Crippen LogP contribution in [0, 0.1) is 0 Å². The van der Waals surface area contributed by atoms with E-state index in [9.17, 15) is 0 Å². The molecule has 0 aromatic heterocycles. The lowest BCUT2D eigenvalue weighted by Crippen LogP contribution is -2.35. The molecule has 3 nitrogen and oxygen atoms in total. The first-order valence-electron chi connectivity index (χ1n) is 4.31. The highest BCUT2D eigenvalue weighted by molar-refractivity contribution is 5.74. The van der Waals surface area contributed by atoms with Crippen molar-refractivity contribution in [3.8, 4) is 0 Å². The SMILES string of the molecule is C=C(C=NC)OC1CCCNC1. The van der Waals surface area contributed by atoms with E-state index in [2.05, 4.69) is 16.9 Å². The van der Waals surface area contributed by atoms with Crippen LogP contribution in [0.2, 0.25) is 0 Å². The second kappa shape index (κ2) is 4.93. The Bertz CT molecular complexity index is 171. The Kier molecular flexibility index (Phi) is 3.80. The van der Waals surface area contributed by atoms with Crippen molar-refractivity contribution < 1.29 is 4.74 Å². The molecule has 0 bridgehead atoms. The molecule has 0 aromatic carbocycles. The molecule has 0 saturated carbocycles. The van der Waals surface area contributed by atoms with E-state index in [0.717, 1.165) is 19.5 Å². The van der Waals surface area contributed by atoms with Gasteiger partial charge in [-0.25, -0.2) is 0 Å². The van der Waals surface area contributed by atoms with Crippen LogP contribution in [0.15, 0.2) is 17.3 Å². The van der Waals surface area contributed by atoms with E-state index in [1.165, 1.54) is 6.42 Å². The summed E-state index contributed by atoms with van der Waals surface area (Å²) in [4.78, 5) is 3.83. The molecular formula is C9H16N2O. The van der Waals surface area contributed by atoms with Crippen LogP contribution in [0.25, 0.3) is 0 Å². The van der Waals surface area contributed by atoms with E-state index in [-0.39, 0.29) is 6.10 Å². The van der Waals surface area contributed by atoms with Crippen LogP contribution >= 0.6 is 0 Å². The van der Waals surface area contributed by atoms with Gasteiger partial charge in [-0.3, -0.25) is 4.99 Å². The monoisotopic (exact) mass is 168 g/mol. The van der Waals surface area contributed by atoms with Gasteiger partial charge in [0.05, 0.1) is 6.21 Å². The molecule has 0 amide bonds. The van der Waals surface area contributed by atoms with Crippen LogP contribution in [0.5, 0.6) is 0 Å². The van der Waals surface area contributed by atoms with Gasteiger partial charge in [0, 0.05) is 13.6 Å².